The van der Waals surface area contributed by atoms with Crippen molar-refractivity contribution < 1.29 is 18.0 Å². The van der Waals surface area contributed by atoms with E-state index in [1.165, 1.54) is 44.2 Å². The second-order valence-corrected chi connectivity index (χ2v) is 9.33. The number of benzene rings is 1. The van der Waals surface area contributed by atoms with E-state index in [-0.39, 0.29) is 0 Å². The van der Waals surface area contributed by atoms with E-state index in [2.05, 4.69) is 4.98 Å². The number of amides is 1. The van der Waals surface area contributed by atoms with Crippen LogP contribution in [0.5, 0.6) is 0 Å². The van der Waals surface area contributed by atoms with E-state index in [1.54, 1.807) is 0 Å². The number of alkyl halides is 3. The number of nitrogens with zero attached hydrogens (tertiary/aromatic N) is 2. The van der Waals surface area contributed by atoms with E-state index in [0.29, 0.717) is 30.6 Å². The van der Waals surface area contributed by atoms with Gasteiger partial charge in [0.15, 0.2) is 0 Å². The molecule has 0 unspecified atom stereocenters. The van der Waals surface area contributed by atoms with Gasteiger partial charge in [0.25, 0.3) is 0 Å². The van der Waals surface area contributed by atoms with Crippen LogP contribution in [0.3, 0.4) is 0 Å². The van der Waals surface area contributed by atoms with Gasteiger partial charge >= 0.3 is 6.18 Å². The number of hydrogen-bond acceptors (Lipinski definition) is 2. The first-order valence-electron chi connectivity index (χ1n) is 11.8. The number of carbonyl (C=O) groups excluding carboxylic acids is 1. The Balaban J connectivity index is 1.27. The van der Waals surface area contributed by atoms with Crippen LogP contribution in [-0.2, 0) is 17.4 Å². The van der Waals surface area contributed by atoms with Gasteiger partial charge in [0.1, 0.15) is 0 Å². The normalized spacial score (nSPS) is 18.7. The van der Waals surface area contributed by atoms with Crippen LogP contribution in [0.15, 0.2) is 42.6 Å². The molecule has 1 amide bonds. The molecule has 0 atom stereocenters. The summed E-state index contributed by atoms with van der Waals surface area (Å²) in [5, 5.41) is 0. The molecule has 4 rings (SSSR count). The van der Waals surface area contributed by atoms with Crippen molar-refractivity contribution in [2.45, 2.75) is 69.9 Å². The largest absolute Gasteiger partial charge is 0.416 e. The highest BCUT2D eigenvalue weighted by atomic mass is 19.4. The maximum absolute atomic E-state index is 12.7. The predicted octanol–water partition coefficient (Wildman–Crippen LogP) is 6.37. The Hall–Kier alpha value is -2.37. The van der Waals surface area contributed by atoms with Crippen LogP contribution >= 0.6 is 0 Å². The molecule has 0 N–H and O–H groups in total. The molecule has 32 heavy (non-hydrogen) atoms. The lowest BCUT2D eigenvalue weighted by Gasteiger charge is -2.33. The number of halogens is 3. The van der Waals surface area contributed by atoms with Crippen molar-refractivity contribution in [2.75, 3.05) is 13.1 Å². The van der Waals surface area contributed by atoms with Crippen molar-refractivity contribution in [1.82, 2.24) is 9.88 Å². The maximum Gasteiger partial charge on any atom is 0.416 e. The third-order valence-electron chi connectivity index (χ3n) is 6.99. The average molecular weight is 445 g/mol. The second-order valence-electron chi connectivity index (χ2n) is 9.33. The van der Waals surface area contributed by atoms with Gasteiger partial charge in [0.05, 0.1) is 5.56 Å². The minimum absolute atomic E-state index is 0.315. The van der Waals surface area contributed by atoms with E-state index < -0.39 is 11.7 Å². The van der Waals surface area contributed by atoms with Gasteiger partial charge in [-0.1, -0.05) is 37.5 Å². The number of carbonyl (C=O) groups is 1. The van der Waals surface area contributed by atoms with Gasteiger partial charge in [0.2, 0.25) is 5.91 Å². The number of hydrogen-bond donors (Lipinski definition) is 0. The molecule has 0 radical (unpaired) electrons. The van der Waals surface area contributed by atoms with Gasteiger partial charge in [-0.25, -0.2) is 0 Å². The van der Waals surface area contributed by atoms with Crippen LogP contribution in [0, 0.1) is 5.92 Å². The summed E-state index contributed by atoms with van der Waals surface area (Å²) in [6.07, 6.45) is 6.89. The molecule has 1 saturated heterocycles. The number of piperidine rings is 1. The van der Waals surface area contributed by atoms with Crippen LogP contribution in [0.1, 0.15) is 79.7 Å². The summed E-state index contributed by atoms with van der Waals surface area (Å²) < 4.78 is 38.1. The van der Waals surface area contributed by atoms with E-state index in [1.807, 2.05) is 23.2 Å². The molecule has 2 fully saturated rings. The number of aromatic nitrogens is 1. The third-order valence-corrected chi connectivity index (χ3v) is 6.99. The zero-order chi connectivity index (χ0) is 22.6. The fourth-order valence-corrected chi connectivity index (χ4v) is 5.02. The Kier molecular flexibility index (Phi) is 7.17. The third kappa shape index (κ3) is 5.90. The zero-order valence-electron chi connectivity index (χ0n) is 18.4. The molecule has 1 aliphatic heterocycles. The van der Waals surface area contributed by atoms with Gasteiger partial charge in [-0.3, -0.25) is 9.78 Å². The highest BCUT2D eigenvalue weighted by molar-refractivity contribution is 5.76. The van der Waals surface area contributed by atoms with Gasteiger partial charge in [-0.15, -0.1) is 0 Å². The number of rotatable bonds is 5. The molecule has 6 heteroatoms. The van der Waals surface area contributed by atoms with E-state index in [9.17, 15) is 18.0 Å². The molecule has 3 nitrogen and oxygen atoms in total. The van der Waals surface area contributed by atoms with Crippen LogP contribution in [-0.4, -0.2) is 28.9 Å². The minimum atomic E-state index is -4.31. The van der Waals surface area contributed by atoms with Crippen LogP contribution in [0.25, 0.3) is 0 Å². The first kappa shape index (κ1) is 22.8. The highest BCUT2D eigenvalue weighted by Crippen LogP contribution is 2.31. The maximum atomic E-state index is 12.7. The van der Waals surface area contributed by atoms with Crippen molar-refractivity contribution in [3.05, 3.63) is 65.0 Å². The Morgan fingerprint density at radius 3 is 2.16 bits per heavy atom. The van der Waals surface area contributed by atoms with E-state index >= 15 is 0 Å². The summed E-state index contributed by atoms with van der Waals surface area (Å²) >= 11 is 0. The zero-order valence-corrected chi connectivity index (χ0v) is 18.4. The van der Waals surface area contributed by atoms with Crippen LogP contribution in [0.2, 0.25) is 0 Å². The lowest BCUT2D eigenvalue weighted by Crippen LogP contribution is -2.39. The molecule has 0 spiro atoms. The SMILES string of the molecule is O=C(CC1CCCCC1)N1CCC(c2ccc(Cc3ccc(C(F)(F)F)cc3)cn2)CC1. The lowest BCUT2D eigenvalue weighted by atomic mass is 9.86. The summed E-state index contributed by atoms with van der Waals surface area (Å²) in [6.45, 7) is 1.59. The summed E-state index contributed by atoms with van der Waals surface area (Å²) in [5.41, 5.74) is 2.23. The molecule has 172 valence electrons. The second kappa shape index (κ2) is 10.1. The molecule has 2 aliphatic rings. The Morgan fingerprint density at radius 2 is 1.56 bits per heavy atom. The minimum Gasteiger partial charge on any atom is -0.343 e. The number of pyridine rings is 1. The molecule has 2 heterocycles. The molecule has 0 bridgehead atoms. The van der Waals surface area contributed by atoms with Crippen LogP contribution < -0.4 is 0 Å². The summed E-state index contributed by atoms with van der Waals surface area (Å²) in [5.74, 6) is 1.25. The van der Waals surface area contributed by atoms with Gasteiger partial charge < -0.3 is 4.90 Å². The van der Waals surface area contributed by atoms with Gasteiger partial charge in [-0.2, -0.15) is 13.2 Å². The average Bonchev–Trinajstić information content (AvgIpc) is 2.80. The van der Waals surface area contributed by atoms with E-state index in [4.69, 9.17) is 0 Å². The molecule has 1 aromatic heterocycles. The summed E-state index contributed by atoms with van der Waals surface area (Å²) in [4.78, 5) is 19.3. The van der Waals surface area contributed by atoms with Crippen molar-refractivity contribution in [1.29, 1.82) is 0 Å². The molecule has 1 saturated carbocycles. The molecule has 2 aromatic rings. The van der Waals surface area contributed by atoms with Crippen molar-refractivity contribution in [3.8, 4) is 0 Å². The first-order chi connectivity index (χ1) is 15.4. The molecular formula is C26H31F3N2O. The highest BCUT2D eigenvalue weighted by Gasteiger charge is 2.30. The van der Waals surface area contributed by atoms with Crippen molar-refractivity contribution >= 4 is 5.91 Å². The molecule has 1 aliphatic carbocycles. The first-order valence-corrected chi connectivity index (χ1v) is 11.8. The van der Waals surface area contributed by atoms with Gasteiger partial charge in [-0.05, 0) is 67.3 Å². The summed E-state index contributed by atoms with van der Waals surface area (Å²) in [6, 6.07) is 9.35. The smallest absolute Gasteiger partial charge is 0.343 e. The Morgan fingerprint density at radius 1 is 0.906 bits per heavy atom. The van der Waals surface area contributed by atoms with Crippen molar-refractivity contribution in [2.24, 2.45) is 5.92 Å². The lowest BCUT2D eigenvalue weighted by molar-refractivity contribution is -0.137. The predicted molar refractivity (Wildman–Crippen MR) is 118 cm³/mol. The van der Waals surface area contributed by atoms with Crippen LogP contribution in [0.4, 0.5) is 13.2 Å². The Bertz CT molecular complexity index is 879. The van der Waals surface area contributed by atoms with Gasteiger partial charge in [0, 0.05) is 37.3 Å². The number of likely N-dealkylation sites (tertiary alicyclic amines) is 1. The van der Waals surface area contributed by atoms with Crippen molar-refractivity contribution in [3.63, 3.8) is 0 Å². The standard InChI is InChI=1S/C26H31F3N2O/c27-26(28,29)23-9-6-20(7-10-23)16-21-8-11-24(30-18-21)22-12-14-31(15-13-22)25(32)17-19-4-2-1-3-5-19/h6-11,18-19,22H,1-5,12-17H2. The fraction of sp³-hybridized carbons (Fsp3) is 0.538. The fourth-order valence-electron chi connectivity index (χ4n) is 5.02. The monoisotopic (exact) mass is 444 g/mol. The quantitative estimate of drug-likeness (QED) is 0.537. The topological polar surface area (TPSA) is 33.2 Å². The van der Waals surface area contributed by atoms with E-state index in [0.717, 1.165) is 54.9 Å². The molecule has 1 aromatic carbocycles. The Labute approximate surface area is 188 Å². The summed E-state index contributed by atoms with van der Waals surface area (Å²) in [7, 11) is 0. The molecular weight excluding hydrogens is 413 g/mol.